The summed E-state index contributed by atoms with van der Waals surface area (Å²) in [4.78, 5) is 2.04. The maximum absolute atomic E-state index is 13.7. The molecule has 104 valence electrons. The van der Waals surface area contributed by atoms with Gasteiger partial charge in [-0.2, -0.15) is 0 Å². The minimum absolute atomic E-state index is 0.308. The maximum atomic E-state index is 13.7. The molecule has 0 aromatic heterocycles. The number of hydrogen-bond acceptors (Lipinski definition) is 4. The summed E-state index contributed by atoms with van der Waals surface area (Å²) in [7, 11) is 0. The number of ether oxygens (including phenoxy) is 2. The van der Waals surface area contributed by atoms with Gasteiger partial charge in [0.2, 0.25) is 0 Å². The fourth-order valence-electron chi connectivity index (χ4n) is 2.75. The van der Waals surface area contributed by atoms with Crippen LogP contribution in [0.1, 0.15) is 12.8 Å². The summed E-state index contributed by atoms with van der Waals surface area (Å²) in [6.45, 7) is 2.67. The van der Waals surface area contributed by atoms with Gasteiger partial charge in [0.05, 0.1) is 35.6 Å². The first-order chi connectivity index (χ1) is 9.10. The third kappa shape index (κ3) is 2.44. The normalized spacial score (nSPS) is 22.1. The van der Waals surface area contributed by atoms with Crippen LogP contribution in [0.4, 0.5) is 15.8 Å². The lowest BCUT2D eigenvalue weighted by atomic mass is 10.0. The Morgan fingerprint density at radius 3 is 2.79 bits per heavy atom. The monoisotopic (exact) mass is 330 g/mol. The lowest BCUT2D eigenvalue weighted by molar-refractivity contribution is -0.161. The molecule has 6 heteroatoms. The van der Waals surface area contributed by atoms with Crippen LogP contribution in [0, 0.1) is 5.82 Å². The van der Waals surface area contributed by atoms with Gasteiger partial charge in [-0.25, -0.2) is 4.39 Å². The summed E-state index contributed by atoms with van der Waals surface area (Å²) in [5.41, 5.74) is 7.25. The van der Waals surface area contributed by atoms with Crippen LogP contribution in [-0.2, 0) is 9.47 Å². The summed E-state index contributed by atoms with van der Waals surface area (Å²) in [5.74, 6) is -0.842. The molecule has 1 aromatic rings. The van der Waals surface area contributed by atoms with Gasteiger partial charge < -0.3 is 20.1 Å². The van der Waals surface area contributed by atoms with Crippen LogP contribution < -0.4 is 10.6 Å². The van der Waals surface area contributed by atoms with E-state index in [1.807, 2.05) is 4.90 Å². The Bertz CT molecular complexity index is 492. The van der Waals surface area contributed by atoms with Crippen LogP contribution >= 0.6 is 15.9 Å². The molecular formula is C13H16BrFN2O2. The van der Waals surface area contributed by atoms with E-state index in [4.69, 9.17) is 15.2 Å². The highest BCUT2D eigenvalue weighted by atomic mass is 79.9. The number of halogens is 2. The Balaban J connectivity index is 1.87. The zero-order chi connectivity index (χ0) is 13.5. The van der Waals surface area contributed by atoms with Crippen molar-refractivity contribution >= 4 is 27.3 Å². The van der Waals surface area contributed by atoms with Crippen molar-refractivity contribution in [3.05, 3.63) is 22.4 Å². The van der Waals surface area contributed by atoms with Crippen molar-refractivity contribution in [3.8, 4) is 0 Å². The van der Waals surface area contributed by atoms with Gasteiger partial charge in [0.15, 0.2) is 5.79 Å². The zero-order valence-electron chi connectivity index (χ0n) is 10.5. The quantitative estimate of drug-likeness (QED) is 0.804. The average Bonchev–Trinajstić information content (AvgIpc) is 2.82. The van der Waals surface area contributed by atoms with E-state index in [1.165, 1.54) is 6.07 Å². The fourth-order valence-corrected chi connectivity index (χ4v) is 3.11. The third-order valence-electron chi connectivity index (χ3n) is 3.64. The van der Waals surface area contributed by atoms with Crippen LogP contribution in [0.3, 0.4) is 0 Å². The van der Waals surface area contributed by atoms with E-state index in [9.17, 15) is 4.39 Å². The molecule has 0 aliphatic carbocycles. The number of nitrogens with two attached hydrogens (primary N) is 1. The molecule has 0 unspecified atom stereocenters. The van der Waals surface area contributed by atoms with Gasteiger partial charge in [-0.15, -0.1) is 0 Å². The Hall–Kier alpha value is -0.850. The van der Waals surface area contributed by atoms with E-state index in [1.54, 1.807) is 6.07 Å². The van der Waals surface area contributed by atoms with Gasteiger partial charge in [-0.05, 0) is 28.4 Å². The molecule has 0 bridgehead atoms. The minimum atomic E-state index is -0.533. The molecule has 0 atom stereocenters. The van der Waals surface area contributed by atoms with E-state index in [-0.39, 0.29) is 5.82 Å². The summed E-state index contributed by atoms with van der Waals surface area (Å²) in [6, 6.07) is 3.07. The van der Waals surface area contributed by atoms with Gasteiger partial charge >= 0.3 is 0 Å². The van der Waals surface area contributed by atoms with Gasteiger partial charge in [0, 0.05) is 19.0 Å². The minimum Gasteiger partial charge on any atom is -0.397 e. The summed E-state index contributed by atoms with van der Waals surface area (Å²) in [6.07, 6.45) is 1.82. The smallest absolute Gasteiger partial charge is 0.186 e. The molecule has 2 aliphatic rings. The van der Waals surface area contributed by atoms with Crippen LogP contribution in [0.2, 0.25) is 0 Å². The first kappa shape index (κ1) is 13.1. The van der Waals surface area contributed by atoms with Crippen molar-refractivity contribution < 1.29 is 13.9 Å². The molecule has 19 heavy (non-hydrogen) atoms. The Labute approximate surface area is 119 Å². The van der Waals surface area contributed by atoms with E-state index in [2.05, 4.69) is 15.9 Å². The van der Waals surface area contributed by atoms with Crippen molar-refractivity contribution in [1.29, 1.82) is 0 Å². The highest BCUT2D eigenvalue weighted by molar-refractivity contribution is 9.10. The molecule has 2 heterocycles. The molecule has 3 rings (SSSR count). The standard InChI is InChI=1S/C13H16BrFN2O2/c14-9-6-11(16)12(7-10(9)15)17-3-1-2-13(8-17)18-4-5-19-13/h6-7H,1-5,8,16H2. The molecule has 1 spiro atoms. The summed E-state index contributed by atoms with van der Waals surface area (Å²) >= 11 is 3.14. The van der Waals surface area contributed by atoms with E-state index in [0.717, 1.165) is 19.4 Å². The van der Waals surface area contributed by atoms with Gasteiger partial charge in [0.25, 0.3) is 0 Å². The second-order valence-electron chi connectivity index (χ2n) is 4.96. The predicted octanol–water partition coefficient (Wildman–Crippen LogP) is 2.51. The molecule has 0 radical (unpaired) electrons. The SMILES string of the molecule is Nc1cc(Br)c(F)cc1N1CCCC2(C1)OCCO2. The average molecular weight is 331 g/mol. The van der Waals surface area contributed by atoms with Crippen molar-refractivity contribution in [1.82, 2.24) is 0 Å². The van der Waals surface area contributed by atoms with E-state index in [0.29, 0.717) is 35.6 Å². The molecule has 2 N–H and O–H groups in total. The maximum Gasteiger partial charge on any atom is 0.186 e. The number of hydrogen-bond donors (Lipinski definition) is 1. The van der Waals surface area contributed by atoms with E-state index >= 15 is 0 Å². The molecule has 2 saturated heterocycles. The lowest BCUT2D eigenvalue weighted by Gasteiger charge is -2.40. The van der Waals surface area contributed by atoms with Gasteiger partial charge in [-0.3, -0.25) is 0 Å². The second-order valence-corrected chi connectivity index (χ2v) is 5.81. The van der Waals surface area contributed by atoms with Crippen LogP contribution in [-0.4, -0.2) is 32.1 Å². The summed E-state index contributed by atoms with van der Waals surface area (Å²) < 4.78 is 25.5. The lowest BCUT2D eigenvalue weighted by Crippen LogP contribution is -2.49. The topological polar surface area (TPSA) is 47.7 Å². The van der Waals surface area contributed by atoms with Gasteiger partial charge in [0.1, 0.15) is 5.82 Å². The molecule has 0 saturated carbocycles. The predicted molar refractivity (Wildman–Crippen MR) is 74.6 cm³/mol. The molecule has 2 fully saturated rings. The van der Waals surface area contributed by atoms with Crippen LogP contribution in [0.5, 0.6) is 0 Å². The number of benzene rings is 1. The van der Waals surface area contributed by atoms with Crippen molar-refractivity contribution in [2.75, 3.05) is 36.9 Å². The zero-order valence-corrected chi connectivity index (χ0v) is 12.1. The first-order valence-electron chi connectivity index (χ1n) is 6.37. The number of nitrogen functional groups attached to an aromatic ring is 1. The first-order valence-corrected chi connectivity index (χ1v) is 7.16. The van der Waals surface area contributed by atoms with Crippen LogP contribution in [0.25, 0.3) is 0 Å². The van der Waals surface area contributed by atoms with Crippen LogP contribution in [0.15, 0.2) is 16.6 Å². The number of piperidine rings is 1. The molecule has 0 amide bonds. The largest absolute Gasteiger partial charge is 0.397 e. The van der Waals surface area contributed by atoms with Crippen molar-refractivity contribution in [2.24, 2.45) is 0 Å². The van der Waals surface area contributed by atoms with Gasteiger partial charge in [-0.1, -0.05) is 0 Å². The Morgan fingerprint density at radius 2 is 2.05 bits per heavy atom. The summed E-state index contributed by atoms with van der Waals surface area (Å²) in [5, 5.41) is 0. The molecule has 4 nitrogen and oxygen atoms in total. The Kier molecular flexibility index (Phi) is 3.41. The molecular weight excluding hydrogens is 315 g/mol. The second kappa shape index (κ2) is 4.92. The number of nitrogens with zero attached hydrogens (tertiary/aromatic N) is 1. The van der Waals surface area contributed by atoms with Crippen molar-refractivity contribution in [2.45, 2.75) is 18.6 Å². The molecule has 2 aliphatic heterocycles. The number of rotatable bonds is 1. The fraction of sp³-hybridized carbons (Fsp3) is 0.538. The third-order valence-corrected chi connectivity index (χ3v) is 4.25. The highest BCUT2D eigenvalue weighted by Gasteiger charge is 2.41. The molecule has 1 aromatic carbocycles. The Morgan fingerprint density at radius 1 is 1.32 bits per heavy atom. The van der Waals surface area contributed by atoms with E-state index < -0.39 is 5.79 Å². The number of anilines is 2. The van der Waals surface area contributed by atoms with Crippen molar-refractivity contribution in [3.63, 3.8) is 0 Å². The highest BCUT2D eigenvalue weighted by Crippen LogP contribution is 2.36.